The Morgan fingerprint density at radius 1 is 1.08 bits per heavy atom. The van der Waals surface area contributed by atoms with Gasteiger partial charge in [0.25, 0.3) is 11.8 Å². The molecule has 2 saturated heterocycles. The fourth-order valence-corrected chi connectivity index (χ4v) is 5.72. The molecule has 3 aliphatic heterocycles. The van der Waals surface area contributed by atoms with Crippen molar-refractivity contribution in [3.8, 4) is 11.3 Å². The zero-order chi connectivity index (χ0) is 25.9. The van der Waals surface area contributed by atoms with Crippen molar-refractivity contribution in [1.29, 1.82) is 0 Å². The molecule has 0 radical (unpaired) electrons. The number of fused-ring (bicyclic) bond motifs is 4. The summed E-state index contributed by atoms with van der Waals surface area (Å²) in [5, 5.41) is 19.6. The fourth-order valence-electron chi connectivity index (χ4n) is 5.72. The van der Waals surface area contributed by atoms with Crippen LogP contribution in [0.3, 0.4) is 0 Å². The third kappa shape index (κ3) is 3.16. The number of carbonyl (C=O) groups excluding carboxylic acids is 3. The lowest BCUT2D eigenvalue weighted by molar-refractivity contribution is -0.172. The molecule has 3 unspecified atom stereocenters. The number of nitrogens with zero attached hydrogens (tertiary/aromatic N) is 5. The van der Waals surface area contributed by atoms with E-state index in [-0.39, 0.29) is 29.1 Å². The van der Waals surface area contributed by atoms with Crippen molar-refractivity contribution in [2.75, 3.05) is 24.9 Å². The second-order valence-electron chi connectivity index (χ2n) is 9.08. The van der Waals surface area contributed by atoms with Gasteiger partial charge in [-0.15, -0.1) is 0 Å². The molecule has 2 aromatic rings. The molecule has 2 fully saturated rings. The largest absolute Gasteiger partial charge is 0.376 e. The highest BCUT2D eigenvalue weighted by Gasteiger charge is 2.67. The van der Waals surface area contributed by atoms with Crippen molar-refractivity contribution in [2.24, 2.45) is 5.41 Å². The Hall–Kier alpha value is -3.55. The van der Waals surface area contributed by atoms with Crippen LogP contribution in [0.5, 0.6) is 0 Å². The van der Waals surface area contributed by atoms with Crippen molar-refractivity contribution in [3.63, 3.8) is 0 Å². The number of imide groups is 2. The molecule has 1 aromatic heterocycles. The molecule has 1 aromatic carbocycles. The zero-order valence-corrected chi connectivity index (χ0v) is 19.4. The van der Waals surface area contributed by atoms with E-state index in [0.717, 1.165) is 0 Å². The van der Waals surface area contributed by atoms with Crippen LogP contribution >= 0.6 is 0 Å². The van der Waals surface area contributed by atoms with Gasteiger partial charge in [0.05, 0.1) is 35.8 Å². The molecular formula is C23H23F2N5O6. The topological polar surface area (TPSA) is 136 Å². The standard InChI is InChI=1S/C23H23F2N5O6/c1-11-8-28-18-13(5-14(16(24)17(18)25)15-7-26-3-4-27-15)6-23(19(28)12(2)36-11)20(33)29(9-31)22(35)30(10-32)21(23)34/h3-5,7,11-12,19,31-32H,6,8-10H2,1-2H3. The minimum Gasteiger partial charge on any atom is -0.376 e. The predicted octanol–water partition coefficient (Wildman–Crippen LogP) is 0.637. The Morgan fingerprint density at radius 2 is 1.75 bits per heavy atom. The van der Waals surface area contributed by atoms with Gasteiger partial charge in [-0.1, -0.05) is 0 Å². The number of urea groups is 1. The molecular weight excluding hydrogens is 480 g/mol. The van der Waals surface area contributed by atoms with Gasteiger partial charge in [0.1, 0.15) is 13.5 Å². The highest BCUT2D eigenvalue weighted by atomic mass is 19.2. The monoisotopic (exact) mass is 503 g/mol. The van der Waals surface area contributed by atoms with Crippen molar-refractivity contribution >= 4 is 23.5 Å². The summed E-state index contributed by atoms with van der Waals surface area (Å²) in [5.41, 5.74) is -2.25. The SMILES string of the molecule is CC1CN2c3c(cc(-c4cnccn4)c(F)c3F)CC3(C(=O)N(CO)C(=O)N(CO)C3=O)C2C(C)O1. The molecule has 190 valence electrons. The van der Waals surface area contributed by atoms with Gasteiger partial charge in [-0.2, -0.15) is 0 Å². The number of halogens is 2. The first-order chi connectivity index (χ1) is 17.2. The molecule has 3 aliphatic rings. The highest BCUT2D eigenvalue weighted by Crippen LogP contribution is 2.51. The number of aliphatic hydroxyl groups is 2. The first-order valence-electron chi connectivity index (χ1n) is 11.3. The van der Waals surface area contributed by atoms with Crippen molar-refractivity contribution < 1.29 is 38.1 Å². The number of ether oxygens (including phenoxy) is 1. The lowest BCUT2D eigenvalue weighted by Crippen LogP contribution is -2.76. The number of carbonyl (C=O) groups is 3. The van der Waals surface area contributed by atoms with E-state index in [9.17, 15) is 24.6 Å². The van der Waals surface area contributed by atoms with Gasteiger partial charge in [-0.25, -0.2) is 23.4 Å². The number of benzene rings is 1. The quantitative estimate of drug-likeness (QED) is 0.578. The molecule has 11 nitrogen and oxygen atoms in total. The Kier molecular flexibility index (Phi) is 5.73. The fraction of sp³-hybridized carbons (Fsp3) is 0.435. The summed E-state index contributed by atoms with van der Waals surface area (Å²) in [6.45, 7) is 1.22. The number of rotatable bonds is 3. The van der Waals surface area contributed by atoms with Gasteiger partial charge in [-0.3, -0.25) is 19.6 Å². The van der Waals surface area contributed by atoms with E-state index < -0.39 is 73.0 Å². The van der Waals surface area contributed by atoms with Crippen LogP contribution in [-0.4, -0.2) is 86.1 Å². The lowest BCUT2D eigenvalue weighted by atomic mass is 9.65. The summed E-state index contributed by atoms with van der Waals surface area (Å²) in [7, 11) is 0. The van der Waals surface area contributed by atoms with Crippen molar-refractivity contribution in [3.05, 3.63) is 41.9 Å². The average Bonchev–Trinajstić information content (AvgIpc) is 2.85. The van der Waals surface area contributed by atoms with Crippen LogP contribution in [0.25, 0.3) is 11.3 Å². The van der Waals surface area contributed by atoms with Gasteiger partial charge >= 0.3 is 6.03 Å². The van der Waals surface area contributed by atoms with E-state index in [2.05, 4.69) is 9.97 Å². The summed E-state index contributed by atoms with van der Waals surface area (Å²) in [6, 6.07) is -1.03. The first kappa shape index (κ1) is 24.2. The lowest BCUT2D eigenvalue weighted by Gasteiger charge is -2.57. The second kappa shape index (κ2) is 8.54. The van der Waals surface area contributed by atoms with E-state index in [4.69, 9.17) is 4.74 Å². The molecule has 2 N–H and O–H groups in total. The maximum Gasteiger partial charge on any atom is 0.337 e. The van der Waals surface area contributed by atoms with Crippen LogP contribution in [0, 0.1) is 17.0 Å². The van der Waals surface area contributed by atoms with Crippen LogP contribution in [0.1, 0.15) is 19.4 Å². The van der Waals surface area contributed by atoms with Crippen LogP contribution < -0.4 is 4.90 Å². The van der Waals surface area contributed by atoms with E-state index in [1.165, 1.54) is 29.6 Å². The summed E-state index contributed by atoms with van der Waals surface area (Å²) in [6.07, 6.45) is 2.18. The number of hydrogen-bond donors (Lipinski definition) is 2. The summed E-state index contributed by atoms with van der Waals surface area (Å²) in [4.78, 5) is 50.4. The molecule has 13 heteroatoms. The first-order valence-corrected chi connectivity index (χ1v) is 11.3. The summed E-state index contributed by atoms with van der Waals surface area (Å²) in [5.74, 6) is -4.37. The number of morpholine rings is 1. The van der Waals surface area contributed by atoms with Gasteiger partial charge in [0.15, 0.2) is 17.0 Å². The molecule has 3 atom stereocenters. The van der Waals surface area contributed by atoms with E-state index in [1.807, 2.05) is 0 Å². The maximum absolute atomic E-state index is 15.7. The van der Waals surface area contributed by atoms with Crippen molar-refractivity contribution in [2.45, 2.75) is 38.5 Å². The molecule has 0 aliphatic carbocycles. The Morgan fingerprint density at radius 3 is 2.33 bits per heavy atom. The minimum atomic E-state index is -2.07. The molecule has 0 saturated carbocycles. The van der Waals surface area contributed by atoms with Gasteiger partial charge in [0, 0.05) is 30.9 Å². The third-order valence-corrected chi connectivity index (χ3v) is 7.04. The molecule has 4 amide bonds. The van der Waals surface area contributed by atoms with Gasteiger partial charge < -0.3 is 19.8 Å². The zero-order valence-electron chi connectivity index (χ0n) is 19.4. The number of aromatic nitrogens is 2. The molecule has 5 rings (SSSR count). The van der Waals surface area contributed by atoms with Crippen molar-refractivity contribution in [1.82, 2.24) is 19.8 Å². The second-order valence-corrected chi connectivity index (χ2v) is 9.08. The Labute approximate surface area is 203 Å². The number of amides is 4. The number of barbiturate groups is 1. The number of hydrogen-bond acceptors (Lipinski definition) is 9. The highest BCUT2D eigenvalue weighted by molar-refractivity contribution is 6.20. The molecule has 36 heavy (non-hydrogen) atoms. The summed E-state index contributed by atoms with van der Waals surface area (Å²) >= 11 is 0. The Balaban J connectivity index is 1.79. The van der Waals surface area contributed by atoms with Crippen LogP contribution in [0.4, 0.5) is 19.3 Å². The maximum atomic E-state index is 15.7. The average molecular weight is 503 g/mol. The smallest absolute Gasteiger partial charge is 0.337 e. The van der Waals surface area contributed by atoms with E-state index in [0.29, 0.717) is 9.80 Å². The van der Waals surface area contributed by atoms with Crippen LogP contribution in [0.2, 0.25) is 0 Å². The molecule has 0 bridgehead atoms. The predicted molar refractivity (Wildman–Crippen MR) is 118 cm³/mol. The van der Waals surface area contributed by atoms with Gasteiger partial charge in [0.2, 0.25) is 0 Å². The third-order valence-electron chi connectivity index (χ3n) is 7.04. The number of aliphatic hydroxyl groups excluding tert-OH is 2. The summed E-state index contributed by atoms with van der Waals surface area (Å²) < 4.78 is 37.0. The van der Waals surface area contributed by atoms with Crippen LogP contribution in [-0.2, 0) is 20.7 Å². The Bertz CT molecular complexity index is 1240. The minimum absolute atomic E-state index is 0.0113. The molecule has 4 heterocycles. The van der Waals surface area contributed by atoms with Gasteiger partial charge in [-0.05, 0) is 25.5 Å². The van der Waals surface area contributed by atoms with Crippen LogP contribution in [0.15, 0.2) is 24.7 Å². The van der Waals surface area contributed by atoms with E-state index in [1.54, 1.807) is 13.8 Å². The number of anilines is 1. The van der Waals surface area contributed by atoms with E-state index >= 15 is 8.78 Å². The normalized spacial score (nSPS) is 25.3. The molecule has 1 spiro atoms.